The van der Waals surface area contributed by atoms with Crippen LogP contribution in [0.2, 0.25) is 0 Å². The number of nitrogens with zero attached hydrogens (tertiary/aromatic N) is 2. The molecule has 0 aliphatic carbocycles. The van der Waals surface area contributed by atoms with Gasteiger partial charge in [-0.3, -0.25) is 10.1 Å². The summed E-state index contributed by atoms with van der Waals surface area (Å²) in [6.07, 6.45) is 0. The first-order chi connectivity index (χ1) is 5.65. The lowest BCUT2D eigenvalue weighted by atomic mass is 10.2. The van der Waals surface area contributed by atoms with Gasteiger partial charge < -0.3 is 0 Å². The van der Waals surface area contributed by atoms with Crippen molar-refractivity contribution >= 4 is 11.4 Å². The van der Waals surface area contributed by atoms with Gasteiger partial charge in [0.2, 0.25) is 0 Å². The molecule has 0 aliphatic rings. The molecule has 1 rings (SSSR count). The third-order valence-electron chi connectivity index (χ3n) is 1.49. The van der Waals surface area contributed by atoms with Crippen LogP contribution in [-0.4, -0.2) is 4.92 Å². The summed E-state index contributed by atoms with van der Waals surface area (Å²) in [5, 5.41) is 13.0. The molecule has 12 heavy (non-hydrogen) atoms. The number of rotatable bonds is 2. The zero-order chi connectivity index (χ0) is 9.14. The van der Waals surface area contributed by atoms with Gasteiger partial charge in [0.05, 0.1) is 4.92 Å². The smallest absolute Gasteiger partial charge is 0.258 e. The second kappa shape index (κ2) is 3.08. The van der Waals surface area contributed by atoms with Gasteiger partial charge in [0.1, 0.15) is 5.69 Å². The highest BCUT2D eigenvalue weighted by atomic mass is 16.6. The monoisotopic (exact) mass is 166 g/mol. The van der Waals surface area contributed by atoms with Gasteiger partial charge in [0, 0.05) is 11.6 Å². The van der Waals surface area contributed by atoms with Crippen LogP contribution in [0.3, 0.4) is 0 Å². The number of hydrogen-bond donors (Lipinski definition) is 0. The minimum absolute atomic E-state index is 0.0762. The molecule has 0 aromatic heterocycles. The van der Waals surface area contributed by atoms with Crippen molar-refractivity contribution in [1.29, 1.82) is 0 Å². The predicted octanol–water partition coefficient (Wildman–Crippen LogP) is 2.30. The van der Waals surface area contributed by atoms with Crippen LogP contribution in [0.25, 0.3) is 0 Å². The summed E-state index contributed by atoms with van der Waals surface area (Å²) in [6.45, 7) is 1.60. The lowest BCUT2D eigenvalue weighted by Crippen LogP contribution is -1.90. The Hall–Kier alpha value is -1.78. The quantitative estimate of drug-likeness (QED) is 0.384. The van der Waals surface area contributed by atoms with Crippen LogP contribution in [0, 0.1) is 21.9 Å². The Balaban J connectivity index is 3.25. The van der Waals surface area contributed by atoms with Gasteiger partial charge in [-0.25, -0.2) is 0 Å². The number of nitroso groups, excluding NO2 is 1. The molecule has 0 aliphatic heterocycles. The molecule has 5 nitrogen and oxygen atoms in total. The zero-order valence-corrected chi connectivity index (χ0v) is 6.35. The van der Waals surface area contributed by atoms with Crippen molar-refractivity contribution < 1.29 is 4.92 Å². The summed E-state index contributed by atoms with van der Waals surface area (Å²) in [5.41, 5.74) is 0.520. The molecule has 0 atom stereocenters. The molecule has 0 unspecified atom stereocenters. The summed E-state index contributed by atoms with van der Waals surface area (Å²) in [4.78, 5) is 19.8. The molecule has 0 amide bonds. The Labute approximate surface area is 68.1 Å². The predicted molar refractivity (Wildman–Crippen MR) is 43.3 cm³/mol. The average Bonchev–Trinajstić information content (AvgIpc) is 2.05. The van der Waals surface area contributed by atoms with Crippen molar-refractivity contribution in [3.8, 4) is 0 Å². The highest BCUT2D eigenvalue weighted by Crippen LogP contribution is 2.23. The molecular formula is C7H6N2O3. The number of benzene rings is 1. The van der Waals surface area contributed by atoms with E-state index < -0.39 is 4.92 Å². The molecule has 1 aromatic carbocycles. The van der Waals surface area contributed by atoms with E-state index in [0.29, 0.717) is 5.56 Å². The fourth-order valence-corrected chi connectivity index (χ4v) is 0.851. The van der Waals surface area contributed by atoms with E-state index in [-0.39, 0.29) is 11.4 Å². The normalized spacial score (nSPS) is 9.42. The van der Waals surface area contributed by atoms with Crippen LogP contribution in [0.1, 0.15) is 5.56 Å². The summed E-state index contributed by atoms with van der Waals surface area (Å²) in [5.74, 6) is 0. The van der Waals surface area contributed by atoms with Gasteiger partial charge in [0.25, 0.3) is 5.69 Å². The van der Waals surface area contributed by atoms with Crippen molar-refractivity contribution in [1.82, 2.24) is 0 Å². The number of nitro benzene ring substituents is 1. The van der Waals surface area contributed by atoms with Gasteiger partial charge >= 0.3 is 0 Å². The lowest BCUT2D eigenvalue weighted by molar-refractivity contribution is -0.385. The van der Waals surface area contributed by atoms with Gasteiger partial charge in [-0.05, 0) is 18.2 Å². The molecule has 0 heterocycles. The standard InChI is InChI=1S/C7H6N2O3/c1-5-2-3-6(8-10)4-7(5)9(11)12/h2-4H,1H3. The third-order valence-corrected chi connectivity index (χ3v) is 1.49. The van der Waals surface area contributed by atoms with Crippen molar-refractivity contribution in [2.45, 2.75) is 6.92 Å². The summed E-state index contributed by atoms with van der Waals surface area (Å²) >= 11 is 0. The van der Waals surface area contributed by atoms with Crippen LogP contribution < -0.4 is 0 Å². The Morgan fingerprint density at radius 1 is 1.50 bits per heavy atom. The molecule has 5 heteroatoms. The molecule has 0 fully saturated rings. The van der Waals surface area contributed by atoms with Crippen LogP contribution in [0.4, 0.5) is 11.4 Å². The SMILES string of the molecule is Cc1ccc(N=O)cc1[N+](=O)[O-]. The van der Waals surface area contributed by atoms with Crippen LogP contribution in [-0.2, 0) is 0 Å². The fraction of sp³-hybridized carbons (Fsp3) is 0.143. The topological polar surface area (TPSA) is 72.6 Å². The Bertz CT molecular complexity index is 335. The molecule has 0 saturated carbocycles. The second-order valence-electron chi connectivity index (χ2n) is 2.32. The van der Waals surface area contributed by atoms with E-state index in [0.717, 1.165) is 6.07 Å². The number of aryl methyl sites for hydroxylation is 1. The first-order valence-electron chi connectivity index (χ1n) is 3.23. The van der Waals surface area contributed by atoms with E-state index >= 15 is 0 Å². The summed E-state index contributed by atoms with van der Waals surface area (Å²) in [7, 11) is 0. The van der Waals surface area contributed by atoms with Crippen LogP contribution in [0.5, 0.6) is 0 Å². The first-order valence-corrected chi connectivity index (χ1v) is 3.23. The minimum Gasteiger partial charge on any atom is -0.258 e. The lowest BCUT2D eigenvalue weighted by Gasteiger charge is -1.95. The van der Waals surface area contributed by atoms with E-state index in [1.54, 1.807) is 6.92 Å². The maximum absolute atomic E-state index is 10.4. The highest BCUT2D eigenvalue weighted by Gasteiger charge is 2.10. The van der Waals surface area contributed by atoms with Crippen molar-refractivity contribution in [2.75, 3.05) is 0 Å². The van der Waals surface area contributed by atoms with Gasteiger partial charge in [-0.1, -0.05) is 6.07 Å². The van der Waals surface area contributed by atoms with Crippen LogP contribution in [0.15, 0.2) is 23.4 Å². The van der Waals surface area contributed by atoms with E-state index in [2.05, 4.69) is 5.18 Å². The first kappa shape index (κ1) is 8.32. The van der Waals surface area contributed by atoms with Crippen molar-refractivity contribution in [3.05, 3.63) is 38.8 Å². The Morgan fingerprint density at radius 2 is 2.17 bits per heavy atom. The molecular weight excluding hydrogens is 160 g/mol. The van der Waals surface area contributed by atoms with E-state index in [9.17, 15) is 15.0 Å². The maximum Gasteiger partial charge on any atom is 0.274 e. The number of nitro groups is 1. The Morgan fingerprint density at radius 3 is 2.67 bits per heavy atom. The maximum atomic E-state index is 10.4. The van der Waals surface area contributed by atoms with Crippen molar-refractivity contribution in [3.63, 3.8) is 0 Å². The second-order valence-corrected chi connectivity index (χ2v) is 2.32. The highest BCUT2D eigenvalue weighted by molar-refractivity contribution is 5.51. The van der Waals surface area contributed by atoms with Gasteiger partial charge in [-0.15, -0.1) is 4.91 Å². The van der Waals surface area contributed by atoms with Crippen molar-refractivity contribution in [2.24, 2.45) is 5.18 Å². The van der Waals surface area contributed by atoms with Gasteiger partial charge in [-0.2, -0.15) is 0 Å². The molecule has 0 spiro atoms. The Kier molecular flexibility index (Phi) is 2.14. The van der Waals surface area contributed by atoms with Gasteiger partial charge in [0.15, 0.2) is 0 Å². The van der Waals surface area contributed by atoms with E-state index in [1.807, 2.05) is 0 Å². The average molecular weight is 166 g/mol. The number of hydrogen-bond acceptors (Lipinski definition) is 4. The molecule has 0 saturated heterocycles. The molecule has 62 valence electrons. The largest absolute Gasteiger partial charge is 0.274 e. The summed E-state index contributed by atoms with van der Waals surface area (Å²) < 4.78 is 0. The summed E-state index contributed by atoms with van der Waals surface area (Å²) in [6, 6.07) is 4.09. The van der Waals surface area contributed by atoms with E-state index in [4.69, 9.17) is 0 Å². The molecule has 0 N–H and O–H groups in total. The van der Waals surface area contributed by atoms with Crippen LogP contribution >= 0.6 is 0 Å². The molecule has 0 bridgehead atoms. The minimum atomic E-state index is -0.538. The molecule has 0 radical (unpaired) electrons. The zero-order valence-electron chi connectivity index (χ0n) is 6.35. The third kappa shape index (κ3) is 1.45. The van der Waals surface area contributed by atoms with E-state index in [1.165, 1.54) is 12.1 Å². The fourth-order valence-electron chi connectivity index (χ4n) is 0.851. The molecule has 1 aromatic rings.